The van der Waals surface area contributed by atoms with Crippen LogP contribution >= 0.6 is 0 Å². The first-order chi connectivity index (χ1) is 2.27. The third kappa shape index (κ3) is 4.35. The van der Waals surface area contributed by atoms with Gasteiger partial charge in [0.2, 0.25) is 0 Å². The van der Waals surface area contributed by atoms with Crippen molar-refractivity contribution >= 4 is 31.1 Å². The van der Waals surface area contributed by atoms with Crippen LogP contribution in [0.4, 0.5) is 0 Å². The van der Waals surface area contributed by atoms with Gasteiger partial charge in [-0.3, -0.25) is 0 Å². The van der Waals surface area contributed by atoms with E-state index in [0.717, 1.165) is 0 Å². The minimum atomic E-state index is -0.196. The standard InChI is InChI=1S/C2H4O2.Bi/c1-2(3)4;/h1H3,(H,3,4);/q;+1/p-1. The first-order valence-corrected chi connectivity index (χ1v) is 2.51. The second-order valence-electron chi connectivity index (χ2n) is 0.583. The molecule has 0 aliphatic carbocycles. The van der Waals surface area contributed by atoms with E-state index < -0.39 is 0 Å². The van der Waals surface area contributed by atoms with E-state index in [1.807, 2.05) is 0 Å². The number of rotatable bonds is 0. The van der Waals surface area contributed by atoms with Gasteiger partial charge in [0, 0.05) is 0 Å². The Balaban J connectivity index is 2.85. The molecule has 0 aromatic heterocycles. The third-order valence-electron chi connectivity index (χ3n) is 0.129. The molecular formula is C2H3BiO2. The maximum atomic E-state index is 9.62. The zero-order valence-corrected chi connectivity index (χ0v) is 6.24. The van der Waals surface area contributed by atoms with Gasteiger partial charge in [-0.2, -0.15) is 0 Å². The third-order valence-corrected chi connectivity index (χ3v) is 1.13. The van der Waals surface area contributed by atoms with E-state index in [-0.39, 0.29) is 5.97 Å². The second kappa shape index (κ2) is 2.58. The summed E-state index contributed by atoms with van der Waals surface area (Å²) < 4.78 is 4.22. The van der Waals surface area contributed by atoms with E-state index in [0.29, 0.717) is 25.2 Å². The van der Waals surface area contributed by atoms with Crippen LogP contribution < -0.4 is 0 Å². The summed E-state index contributed by atoms with van der Waals surface area (Å²) in [6.07, 6.45) is 0. The van der Waals surface area contributed by atoms with E-state index in [9.17, 15) is 4.79 Å². The molecule has 5 heavy (non-hydrogen) atoms. The van der Waals surface area contributed by atoms with Crippen molar-refractivity contribution in [3.8, 4) is 0 Å². The van der Waals surface area contributed by atoms with Gasteiger partial charge >= 0.3 is 45.7 Å². The number of carbonyl (C=O) groups is 1. The van der Waals surface area contributed by atoms with Crippen LogP contribution in [0.15, 0.2) is 0 Å². The molecule has 0 N–H and O–H groups in total. The van der Waals surface area contributed by atoms with Crippen LogP contribution in [0.5, 0.6) is 0 Å². The molecule has 0 aromatic rings. The Morgan fingerprint density at radius 3 is 2.20 bits per heavy atom. The van der Waals surface area contributed by atoms with Gasteiger partial charge < -0.3 is 0 Å². The Morgan fingerprint density at radius 1 is 2.00 bits per heavy atom. The van der Waals surface area contributed by atoms with Gasteiger partial charge in [0.05, 0.1) is 0 Å². The Kier molecular flexibility index (Phi) is 2.77. The Hall–Kier alpha value is 0.353. The first-order valence-electron chi connectivity index (χ1n) is 1.09. The molecule has 0 fully saturated rings. The quantitative estimate of drug-likeness (QED) is 0.560. The summed E-state index contributed by atoms with van der Waals surface area (Å²) in [6.45, 7) is 1.39. The van der Waals surface area contributed by atoms with E-state index in [1.54, 1.807) is 0 Å². The maximum absolute atomic E-state index is 9.62. The van der Waals surface area contributed by atoms with Gasteiger partial charge in [0.25, 0.3) is 0 Å². The summed E-state index contributed by atoms with van der Waals surface area (Å²) in [5, 5.41) is 0. The van der Waals surface area contributed by atoms with Crippen molar-refractivity contribution in [2.75, 3.05) is 0 Å². The van der Waals surface area contributed by atoms with Crippen LogP contribution in [0.25, 0.3) is 0 Å². The van der Waals surface area contributed by atoms with Gasteiger partial charge in [-0.1, -0.05) is 0 Å². The summed E-state index contributed by atoms with van der Waals surface area (Å²) in [5.74, 6) is -0.196. The fourth-order valence-corrected chi connectivity index (χ4v) is 0. The summed E-state index contributed by atoms with van der Waals surface area (Å²) in [6, 6.07) is 0. The van der Waals surface area contributed by atoms with Crippen LogP contribution in [0.1, 0.15) is 6.92 Å². The van der Waals surface area contributed by atoms with Crippen molar-refractivity contribution in [1.29, 1.82) is 0 Å². The molecule has 0 rings (SSSR count). The molecule has 28 valence electrons. The first kappa shape index (κ1) is 5.35. The molecule has 0 aliphatic heterocycles. The average Bonchev–Trinajstić information content (AvgIpc) is 1.38. The number of carbonyl (C=O) groups excluding carboxylic acids is 1. The van der Waals surface area contributed by atoms with Crippen molar-refractivity contribution in [3.05, 3.63) is 0 Å². The summed E-state index contributed by atoms with van der Waals surface area (Å²) >= 11 is 0.689. The predicted octanol–water partition coefficient (Wildman–Crippen LogP) is -0.367. The molecular weight excluding hydrogens is 265 g/mol. The number of hydrogen-bond acceptors (Lipinski definition) is 2. The molecule has 0 atom stereocenters. The molecule has 0 saturated heterocycles. The van der Waals surface area contributed by atoms with Crippen LogP contribution in [-0.2, 0) is 7.61 Å². The van der Waals surface area contributed by atoms with Crippen molar-refractivity contribution < 1.29 is 7.61 Å². The van der Waals surface area contributed by atoms with Crippen molar-refractivity contribution in [3.63, 3.8) is 0 Å². The zero-order chi connectivity index (χ0) is 4.28. The van der Waals surface area contributed by atoms with Crippen molar-refractivity contribution in [2.45, 2.75) is 6.92 Å². The van der Waals surface area contributed by atoms with Crippen LogP contribution in [0, 0.1) is 0 Å². The molecule has 0 unspecified atom stereocenters. The van der Waals surface area contributed by atoms with Gasteiger partial charge in [0.15, 0.2) is 0 Å². The monoisotopic (exact) mass is 268 g/mol. The molecule has 0 spiro atoms. The predicted molar refractivity (Wildman–Crippen MR) is 17.5 cm³/mol. The van der Waals surface area contributed by atoms with Crippen LogP contribution in [0.3, 0.4) is 0 Å². The summed E-state index contributed by atoms with van der Waals surface area (Å²) in [4.78, 5) is 9.62. The molecule has 2 radical (unpaired) electrons. The Bertz CT molecular complexity index is 42.9. The second-order valence-corrected chi connectivity index (χ2v) is 1.29. The van der Waals surface area contributed by atoms with Crippen molar-refractivity contribution in [1.82, 2.24) is 0 Å². The molecule has 3 heteroatoms. The fourth-order valence-electron chi connectivity index (χ4n) is 0. The molecule has 0 bridgehead atoms. The Labute approximate surface area is 46.0 Å². The molecule has 0 amide bonds. The van der Waals surface area contributed by atoms with E-state index in [4.69, 9.17) is 0 Å². The van der Waals surface area contributed by atoms with Gasteiger partial charge in [0.1, 0.15) is 0 Å². The van der Waals surface area contributed by atoms with Crippen LogP contribution in [-0.4, -0.2) is 31.1 Å². The molecule has 0 aromatic carbocycles. The number of hydrogen-bond donors (Lipinski definition) is 0. The molecule has 0 aliphatic rings. The molecule has 0 heterocycles. The van der Waals surface area contributed by atoms with Gasteiger partial charge in [-0.05, 0) is 0 Å². The van der Waals surface area contributed by atoms with Crippen molar-refractivity contribution in [2.24, 2.45) is 0 Å². The van der Waals surface area contributed by atoms with E-state index in [2.05, 4.69) is 2.81 Å². The fraction of sp³-hybridized carbons (Fsp3) is 0.500. The minimum absolute atomic E-state index is 0.196. The summed E-state index contributed by atoms with van der Waals surface area (Å²) in [7, 11) is 0. The molecule has 0 saturated carbocycles. The van der Waals surface area contributed by atoms with E-state index in [1.165, 1.54) is 6.92 Å². The SMILES string of the molecule is CC(=O)[O][Bi]. The van der Waals surface area contributed by atoms with Gasteiger partial charge in [-0.25, -0.2) is 0 Å². The summed E-state index contributed by atoms with van der Waals surface area (Å²) in [5.41, 5.74) is 0. The van der Waals surface area contributed by atoms with Gasteiger partial charge in [-0.15, -0.1) is 0 Å². The topological polar surface area (TPSA) is 26.3 Å². The Morgan fingerprint density at radius 2 is 2.20 bits per heavy atom. The van der Waals surface area contributed by atoms with E-state index >= 15 is 0 Å². The van der Waals surface area contributed by atoms with Crippen LogP contribution in [0.2, 0.25) is 0 Å². The normalized spacial score (nSPS) is 6.80. The average molecular weight is 268 g/mol. The molecule has 2 nitrogen and oxygen atoms in total. The zero-order valence-electron chi connectivity index (χ0n) is 2.76.